The average molecular weight is 352 g/mol. The van der Waals surface area contributed by atoms with Gasteiger partial charge in [-0.15, -0.1) is 11.8 Å². The van der Waals surface area contributed by atoms with E-state index in [0.29, 0.717) is 16.4 Å². The second-order valence-electron chi connectivity index (χ2n) is 5.30. The molecule has 3 atom stereocenters. The normalized spacial score (nSPS) is 24.4. The van der Waals surface area contributed by atoms with Crippen molar-refractivity contribution >= 4 is 35.4 Å². The van der Waals surface area contributed by atoms with Crippen LogP contribution >= 0.6 is 23.5 Å². The summed E-state index contributed by atoms with van der Waals surface area (Å²) in [6.45, 7) is 1.81. The second-order valence-corrected chi connectivity index (χ2v) is 7.67. The molecule has 0 unspecified atom stereocenters. The Morgan fingerprint density at radius 2 is 2.17 bits per heavy atom. The highest BCUT2D eigenvalue weighted by atomic mass is 32.2. The Bertz CT molecular complexity index is 665. The highest BCUT2D eigenvalue weighted by Gasteiger charge is 2.58. The van der Waals surface area contributed by atoms with E-state index in [2.05, 4.69) is 4.98 Å². The maximum atomic E-state index is 12.2. The highest BCUT2D eigenvalue weighted by Crippen LogP contribution is 2.54. The first-order valence-corrected chi connectivity index (χ1v) is 9.08. The number of carbonyl (C=O) groups is 2. The van der Waals surface area contributed by atoms with E-state index in [-0.39, 0.29) is 17.0 Å². The lowest BCUT2D eigenvalue weighted by molar-refractivity contribution is -0.157. The second kappa shape index (κ2) is 6.54. The van der Waals surface area contributed by atoms with Crippen LogP contribution < -0.4 is 0 Å². The van der Waals surface area contributed by atoms with Crippen LogP contribution in [0.1, 0.15) is 18.9 Å². The minimum absolute atomic E-state index is 0.0450. The molecular weight excluding hydrogens is 336 g/mol. The van der Waals surface area contributed by atoms with Crippen LogP contribution in [0.25, 0.3) is 0 Å². The zero-order valence-corrected chi connectivity index (χ0v) is 14.0. The molecule has 2 aliphatic rings. The maximum Gasteiger partial charge on any atom is 0.354 e. The van der Waals surface area contributed by atoms with E-state index in [9.17, 15) is 19.8 Å². The lowest BCUT2D eigenvalue weighted by Gasteiger charge is -2.44. The summed E-state index contributed by atoms with van der Waals surface area (Å²) in [7, 11) is 0. The van der Waals surface area contributed by atoms with Crippen molar-refractivity contribution < 1.29 is 19.8 Å². The molecule has 1 aromatic rings. The average Bonchev–Trinajstić information content (AvgIpc) is 2.88. The number of β-lactam (4-membered cyclic amide) rings is 1. The number of aromatic nitrogens is 1. The molecule has 0 spiro atoms. The number of hydrogen-bond donors (Lipinski definition) is 2. The molecule has 0 aromatic carbocycles. The number of carbonyl (C=O) groups excluding carboxylic acids is 1. The zero-order valence-electron chi connectivity index (χ0n) is 12.4. The number of aliphatic carboxylic acids is 1. The molecule has 0 saturated carbocycles. The Morgan fingerprint density at radius 1 is 1.48 bits per heavy atom. The lowest BCUT2D eigenvalue weighted by Crippen LogP contribution is -2.61. The van der Waals surface area contributed by atoms with Gasteiger partial charge >= 0.3 is 5.97 Å². The first-order chi connectivity index (χ1) is 11.0. The van der Waals surface area contributed by atoms with Gasteiger partial charge in [0, 0.05) is 18.1 Å². The van der Waals surface area contributed by atoms with Gasteiger partial charge in [0.2, 0.25) is 5.91 Å². The molecule has 0 radical (unpaired) electrons. The van der Waals surface area contributed by atoms with Crippen molar-refractivity contribution in [2.45, 2.75) is 30.6 Å². The molecule has 6 nitrogen and oxygen atoms in total. The van der Waals surface area contributed by atoms with E-state index in [0.717, 1.165) is 5.56 Å². The SMILES string of the molecule is CC[C@H](O)[C@@H]1C(=O)N2C(C(=O)O)=C(SCc3ccncc3)S[C@H]12. The van der Waals surface area contributed by atoms with Crippen LogP contribution in [0, 0.1) is 5.92 Å². The van der Waals surface area contributed by atoms with Crippen molar-refractivity contribution in [3.05, 3.63) is 40.0 Å². The van der Waals surface area contributed by atoms with Gasteiger partial charge in [-0.3, -0.25) is 14.7 Å². The van der Waals surface area contributed by atoms with Gasteiger partial charge in [-0.25, -0.2) is 4.79 Å². The molecule has 122 valence electrons. The van der Waals surface area contributed by atoms with E-state index < -0.39 is 18.0 Å². The topological polar surface area (TPSA) is 90.7 Å². The minimum atomic E-state index is -1.10. The van der Waals surface area contributed by atoms with Gasteiger partial charge in [-0.05, 0) is 24.1 Å². The summed E-state index contributed by atoms with van der Waals surface area (Å²) >= 11 is 2.77. The monoisotopic (exact) mass is 352 g/mol. The number of aliphatic hydroxyl groups is 1. The predicted octanol–water partition coefficient (Wildman–Crippen LogP) is 1.87. The summed E-state index contributed by atoms with van der Waals surface area (Å²) in [5, 5.41) is 19.1. The van der Waals surface area contributed by atoms with Crippen molar-refractivity contribution in [3.63, 3.8) is 0 Å². The van der Waals surface area contributed by atoms with Crippen LogP contribution in [0.4, 0.5) is 0 Å². The summed E-state index contributed by atoms with van der Waals surface area (Å²) in [6.07, 6.45) is 3.13. The first-order valence-electron chi connectivity index (χ1n) is 7.21. The Hall–Kier alpha value is -1.51. The number of nitrogens with zero attached hydrogens (tertiary/aromatic N) is 2. The molecule has 0 aliphatic carbocycles. The van der Waals surface area contributed by atoms with Crippen molar-refractivity contribution in [1.82, 2.24) is 9.88 Å². The van der Waals surface area contributed by atoms with Gasteiger partial charge in [-0.1, -0.05) is 18.7 Å². The van der Waals surface area contributed by atoms with E-state index in [1.807, 2.05) is 19.1 Å². The number of thioether (sulfide) groups is 2. The van der Waals surface area contributed by atoms with E-state index >= 15 is 0 Å². The first kappa shape index (κ1) is 16.4. The van der Waals surface area contributed by atoms with Crippen LogP contribution in [0.2, 0.25) is 0 Å². The minimum Gasteiger partial charge on any atom is -0.477 e. The predicted molar refractivity (Wildman–Crippen MR) is 88.2 cm³/mol. The highest BCUT2D eigenvalue weighted by molar-refractivity contribution is 8.22. The van der Waals surface area contributed by atoms with Gasteiger partial charge in [0.25, 0.3) is 0 Å². The Balaban J connectivity index is 1.77. The van der Waals surface area contributed by atoms with Gasteiger partial charge in [0.05, 0.1) is 16.3 Å². The zero-order chi connectivity index (χ0) is 16.6. The maximum absolute atomic E-state index is 12.2. The number of fused-ring (bicyclic) bond motifs is 1. The van der Waals surface area contributed by atoms with E-state index in [1.54, 1.807) is 12.4 Å². The molecule has 1 amide bonds. The standard InChI is InChI=1S/C15H16N2O4S2/c1-2-9(18)10-12(19)17-11(14(20)21)15(23-13(10)17)22-7-8-3-5-16-6-4-8/h3-6,9-10,13,18H,2,7H2,1H3,(H,20,21)/t9-,10+,13+/m0/s1. The lowest BCUT2D eigenvalue weighted by atomic mass is 9.90. The van der Waals surface area contributed by atoms with E-state index in [4.69, 9.17) is 0 Å². The Morgan fingerprint density at radius 3 is 2.78 bits per heavy atom. The molecule has 1 fully saturated rings. The number of carboxylic acids is 1. The van der Waals surface area contributed by atoms with Gasteiger partial charge in [0.1, 0.15) is 5.37 Å². The van der Waals surface area contributed by atoms with Crippen molar-refractivity contribution in [2.75, 3.05) is 0 Å². The Labute approximate surface area is 142 Å². The van der Waals surface area contributed by atoms with Crippen LogP contribution in [0.15, 0.2) is 34.5 Å². The van der Waals surface area contributed by atoms with E-state index in [1.165, 1.54) is 28.4 Å². The van der Waals surface area contributed by atoms with Crippen molar-refractivity contribution in [1.29, 1.82) is 0 Å². The number of hydrogen-bond acceptors (Lipinski definition) is 6. The summed E-state index contributed by atoms with van der Waals surface area (Å²) in [5.41, 5.74) is 1.08. The summed E-state index contributed by atoms with van der Waals surface area (Å²) in [6, 6.07) is 3.74. The molecule has 3 rings (SSSR count). The van der Waals surface area contributed by atoms with Crippen LogP contribution in [-0.4, -0.2) is 43.5 Å². The smallest absolute Gasteiger partial charge is 0.354 e. The molecular formula is C15H16N2O4S2. The van der Waals surface area contributed by atoms with Crippen LogP contribution in [-0.2, 0) is 15.3 Å². The fourth-order valence-corrected chi connectivity index (χ4v) is 5.48. The fraction of sp³-hybridized carbons (Fsp3) is 0.400. The molecule has 23 heavy (non-hydrogen) atoms. The third-order valence-electron chi connectivity index (χ3n) is 3.90. The number of amides is 1. The molecule has 2 aliphatic heterocycles. The molecule has 0 bridgehead atoms. The molecule has 1 aromatic heterocycles. The van der Waals surface area contributed by atoms with Crippen molar-refractivity contribution in [2.24, 2.45) is 5.92 Å². The quantitative estimate of drug-likeness (QED) is 0.755. The third kappa shape index (κ3) is 2.86. The number of aliphatic hydroxyl groups excluding tert-OH is 1. The van der Waals surface area contributed by atoms with Gasteiger partial charge in [0.15, 0.2) is 5.70 Å². The summed E-state index contributed by atoms with van der Waals surface area (Å²) < 4.78 is 0.624. The molecule has 2 N–H and O–H groups in total. The van der Waals surface area contributed by atoms with Gasteiger partial charge < -0.3 is 10.2 Å². The van der Waals surface area contributed by atoms with Crippen LogP contribution in [0.3, 0.4) is 0 Å². The largest absolute Gasteiger partial charge is 0.477 e. The third-order valence-corrected chi connectivity index (χ3v) is 6.63. The molecule has 1 saturated heterocycles. The number of pyridine rings is 1. The number of rotatable bonds is 6. The molecule has 3 heterocycles. The fourth-order valence-electron chi connectivity index (χ4n) is 2.64. The van der Waals surface area contributed by atoms with Crippen molar-refractivity contribution in [3.8, 4) is 0 Å². The summed E-state index contributed by atoms with van der Waals surface area (Å²) in [4.78, 5) is 29.0. The molecule has 8 heteroatoms. The number of carboxylic acid groups (broad SMARTS) is 1. The van der Waals surface area contributed by atoms with Gasteiger partial charge in [-0.2, -0.15) is 0 Å². The summed E-state index contributed by atoms with van der Waals surface area (Å²) in [5.74, 6) is -1.31. The van der Waals surface area contributed by atoms with Crippen LogP contribution in [0.5, 0.6) is 0 Å². The Kier molecular flexibility index (Phi) is 4.65.